The van der Waals surface area contributed by atoms with Crippen molar-refractivity contribution in [3.8, 4) is 0 Å². The number of thioether (sulfide) groups is 1. The van der Waals surface area contributed by atoms with Gasteiger partial charge in [-0.3, -0.25) is 4.79 Å². The van der Waals surface area contributed by atoms with Gasteiger partial charge in [0, 0.05) is 33.2 Å². The number of carbonyl (C=O) groups excluding carboxylic acids is 1. The van der Waals surface area contributed by atoms with E-state index in [1.54, 1.807) is 7.11 Å². The highest BCUT2D eigenvalue weighted by Gasteiger charge is 2.19. The maximum Gasteiger partial charge on any atom is 0.233 e. The van der Waals surface area contributed by atoms with Gasteiger partial charge in [0.25, 0.3) is 0 Å². The summed E-state index contributed by atoms with van der Waals surface area (Å²) >= 11 is 1.44. The van der Waals surface area contributed by atoms with Crippen molar-refractivity contribution in [2.75, 3.05) is 45.8 Å². The highest BCUT2D eigenvalue weighted by molar-refractivity contribution is 7.99. The fourth-order valence-corrected chi connectivity index (χ4v) is 3.84. The number of aromatic nitrogens is 3. The zero-order valence-electron chi connectivity index (χ0n) is 15.7. The molecule has 0 saturated carbocycles. The minimum Gasteiger partial charge on any atom is -0.383 e. The van der Waals surface area contributed by atoms with E-state index in [0.717, 1.165) is 23.8 Å². The summed E-state index contributed by atoms with van der Waals surface area (Å²) in [5.41, 5.74) is 1.27. The normalized spacial score (nSPS) is 14.5. The van der Waals surface area contributed by atoms with E-state index in [2.05, 4.69) is 26.9 Å². The van der Waals surface area contributed by atoms with Gasteiger partial charge in [0.05, 0.1) is 25.6 Å². The van der Waals surface area contributed by atoms with Gasteiger partial charge in [-0.15, -0.1) is 10.2 Å². The lowest BCUT2D eigenvalue weighted by Gasteiger charge is -2.26. The molecular weight excluding hydrogens is 364 g/mol. The molecule has 0 N–H and O–H groups in total. The van der Waals surface area contributed by atoms with E-state index in [-0.39, 0.29) is 5.91 Å². The fourth-order valence-electron chi connectivity index (χ4n) is 2.95. The molecule has 1 aromatic heterocycles. The molecule has 1 aromatic carbocycles. The van der Waals surface area contributed by atoms with Gasteiger partial charge >= 0.3 is 0 Å². The van der Waals surface area contributed by atoms with Crippen molar-refractivity contribution in [1.82, 2.24) is 19.7 Å². The number of amides is 1. The minimum absolute atomic E-state index is 0.121. The molecule has 0 bridgehead atoms. The van der Waals surface area contributed by atoms with Crippen LogP contribution in [0.15, 0.2) is 35.5 Å². The van der Waals surface area contributed by atoms with Gasteiger partial charge in [-0.25, -0.2) is 0 Å². The molecule has 1 aliphatic heterocycles. The van der Waals surface area contributed by atoms with Crippen LogP contribution in [0.25, 0.3) is 0 Å². The van der Waals surface area contributed by atoms with Crippen molar-refractivity contribution < 1.29 is 14.3 Å². The molecule has 2 heterocycles. The number of hydrogen-bond donors (Lipinski definition) is 0. The van der Waals surface area contributed by atoms with E-state index in [9.17, 15) is 4.79 Å². The Morgan fingerprint density at radius 1 is 1.19 bits per heavy atom. The second-order valence-corrected chi connectivity index (χ2v) is 7.25. The summed E-state index contributed by atoms with van der Waals surface area (Å²) in [7, 11) is 1.68. The number of hydrogen-bond acceptors (Lipinski definition) is 6. The minimum atomic E-state index is 0.121. The summed E-state index contributed by atoms with van der Waals surface area (Å²) in [6.07, 6.45) is 1.71. The molecule has 3 rings (SSSR count). The van der Waals surface area contributed by atoms with Crippen LogP contribution in [0.4, 0.5) is 0 Å². The van der Waals surface area contributed by atoms with Crippen molar-refractivity contribution in [2.45, 2.75) is 24.5 Å². The summed E-state index contributed by atoms with van der Waals surface area (Å²) < 4.78 is 12.6. The fraction of sp³-hybridized carbons (Fsp3) is 0.526. The Hall–Kier alpha value is -1.90. The Morgan fingerprint density at radius 3 is 2.70 bits per heavy atom. The molecule has 0 aliphatic carbocycles. The molecule has 1 amide bonds. The van der Waals surface area contributed by atoms with Gasteiger partial charge in [0.1, 0.15) is 5.82 Å². The molecular formula is C19H26N4O3S. The first kappa shape index (κ1) is 19.9. The maximum absolute atomic E-state index is 12.4. The van der Waals surface area contributed by atoms with Crippen LogP contribution in [0.1, 0.15) is 11.4 Å². The van der Waals surface area contributed by atoms with Crippen LogP contribution in [-0.2, 0) is 33.7 Å². The number of ether oxygens (including phenoxy) is 2. The number of methoxy groups -OCH3 is 1. The van der Waals surface area contributed by atoms with E-state index < -0.39 is 0 Å². The average Bonchev–Trinajstić information content (AvgIpc) is 3.12. The monoisotopic (exact) mass is 390 g/mol. The lowest BCUT2D eigenvalue weighted by molar-refractivity contribution is -0.132. The molecule has 7 nitrogen and oxygen atoms in total. The lowest BCUT2D eigenvalue weighted by Crippen LogP contribution is -2.41. The number of aryl methyl sites for hydroxylation is 2. The Bertz CT molecular complexity index is 717. The molecule has 0 atom stereocenters. The van der Waals surface area contributed by atoms with Crippen molar-refractivity contribution >= 4 is 17.7 Å². The highest BCUT2D eigenvalue weighted by atomic mass is 32.2. The zero-order valence-corrected chi connectivity index (χ0v) is 16.5. The molecule has 8 heteroatoms. The highest BCUT2D eigenvalue weighted by Crippen LogP contribution is 2.19. The molecule has 1 saturated heterocycles. The summed E-state index contributed by atoms with van der Waals surface area (Å²) in [6.45, 7) is 3.83. The van der Waals surface area contributed by atoms with Gasteiger partial charge in [-0.2, -0.15) is 0 Å². The number of rotatable bonds is 9. The first-order chi connectivity index (χ1) is 13.3. The predicted octanol–water partition coefficient (Wildman–Crippen LogP) is 1.66. The topological polar surface area (TPSA) is 69.5 Å². The average molecular weight is 391 g/mol. The van der Waals surface area contributed by atoms with Crippen LogP contribution in [0.5, 0.6) is 0 Å². The number of benzene rings is 1. The van der Waals surface area contributed by atoms with Crippen LogP contribution in [0.3, 0.4) is 0 Å². The van der Waals surface area contributed by atoms with Gasteiger partial charge in [0.2, 0.25) is 5.91 Å². The Morgan fingerprint density at radius 2 is 1.96 bits per heavy atom. The largest absolute Gasteiger partial charge is 0.383 e. The second-order valence-electron chi connectivity index (χ2n) is 6.31. The first-order valence-electron chi connectivity index (χ1n) is 9.21. The molecule has 0 spiro atoms. The van der Waals surface area contributed by atoms with E-state index in [4.69, 9.17) is 9.47 Å². The quantitative estimate of drug-likeness (QED) is 0.607. The van der Waals surface area contributed by atoms with Gasteiger partial charge in [0.15, 0.2) is 5.16 Å². The summed E-state index contributed by atoms with van der Waals surface area (Å²) in [6, 6.07) is 10.3. The molecule has 1 aliphatic rings. The molecule has 146 valence electrons. The SMILES string of the molecule is COCCn1c(CCc2ccccc2)nnc1SCC(=O)N1CCOCC1. The number of morpholine rings is 1. The van der Waals surface area contributed by atoms with Crippen LogP contribution < -0.4 is 0 Å². The third-order valence-corrected chi connectivity index (χ3v) is 5.43. The van der Waals surface area contributed by atoms with Gasteiger partial charge in [-0.1, -0.05) is 42.1 Å². The predicted molar refractivity (Wildman–Crippen MR) is 104 cm³/mol. The Labute approximate surface area is 164 Å². The van der Waals surface area contributed by atoms with E-state index in [1.165, 1.54) is 17.3 Å². The molecule has 0 unspecified atom stereocenters. The molecule has 0 radical (unpaired) electrons. The van der Waals surface area contributed by atoms with Crippen molar-refractivity contribution in [2.24, 2.45) is 0 Å². The Kier molecular flexibility index (Phi) is 7.67. The van der Waals surface area contributed by atoms with Crippen molar-refractivity contribution in [1.29, 1.82) is 0 Å². The smallest absolute Gasteiger partial charge is 0.233 e. The van der Waals surface area contributed by atoms with Crippen LogP contribution in [-0.4, -0.2) is 71.3 Å². The maximum atomic E-state index is 12.4. The second kappa shape index (κ2) is 10.4. The Balaban J connectivity index is 1.61. The summed E-state index contributed by atoms with van der Waals surface area (Å²) in [5, 5.41) is 9.46. The molecule has 1 fully saturated rings. The number of nitrogens with zero attached hydrogens (tertiary/aromatic N) is 4. The lowest BCUT2D eigenvalue weighted by atomic mass is 10.1. The standard InChI is InChI=1S/C19H26N4O3S/c1-25-12-11-23-17(8-7-16-5-3-2-4-6-16)20-21-19(23)27-15-18(24)22-9-13-26-14-10-22/h2-6H,7-15H2,1H3. The number of carbonyl (C=O) groups is 1. The van der Waals surface area contributed by atoms with E-state index >= 15 is 0 Å². The summed E-state index contributed by atoms with van der Waals surface area (Å²) in [4.78, 5) is 14.2. The van der Waals surface area contributed by atoms with Gasteiger partial charge < -0.3 is 18.9 Å². The van der Waals surface area contributed by atoms with Gasteiger partial charge in [-0.05, 0) is 12.0 Å². The van der Waals surface area contributed by atoms with Crippen molar-refractivity contribution in [3.63, 3.8) is 0 Å². The third-order valence-electron chi connectivity index (χ3n) is 4.48. The third kappa shape index (κ3) is 5.79. The van der Waals surface area contributed by atoms with Crippen molar-refractivity contribution in [3.05, 3.63) is 41.7 Å². The summed E-state index contributed by atoms with van der Waals surface area (Å²) in [5.74, 6) is 1.41. The van der Waals surface area contributed by atoms with Crippen LogP contribution in [0.2, 0.25) is 0 Å². The van der Waals surface area contributed by atoms with E-state index in [1.807, 2.05) is 23.1 Å². The first-order valence-corrected chi connectivity index (χ1v) is 10.2. The van der Waals surface area contributed by atoms with E-state index in [0.29, 0.717) is 45.2 Å². The molecule has 2 aromatic rings. The zero-order chi connectivity index (χ0) is 18.9. The van der Waals surface area contributed by atoms with Crippen LogP contribution in [0, 0.1) is 0 Å². The molecule has 27 heavy (non-hydrogen) atoms. The van der Waals surface area contributed by atoms with Crippen LogP contribution >= 0.6 is 11.8 Å².